The Labute approximate surface area is 120 Å². The molecule has 0 radical (unpaired) electrons. The van der Waals surface area contributed by atoms with Crippen LogP contribution in [0, 0.1) is 6.92 Å². The summed E-state index contributed by atoms with van der Waals surface area (Å²) in [5.41, 5.74) is 3.02. The molecular formula is C14H14BrN3O. The number of imidazole rings is 1. The fraction of sp³-hybridized carbons (Fsp3) is 0.143. The van der Waals surface area contributed by atoms with Gasteiger partial charge < -0.3 is 10.3 Å². The fourth-order valence-corrected chi connectivity index (χ4v) is 2.18. The lowest BCUT2D eigenvalue weighted by Crippen LogP contribution is -2.20. The van der Waals surface area contributed by atoms with Crippen molar-refractivity contribution in [1.82, 2.24) is 15.3 Å². The van der Waals surface area contributed by atoms with Gasteiger partial charge in [-0.25, -0.2) is 4.98 Å². The monoisotopic (exact) mass is 319 g/mol. The van der Waals surface area contributed by atoms with Gasteiger partial charge in [-0.1, -0.05) is 28.1 Å². The number of aryl methyl sites for hydroxylation is 1. The number of carbonyl (C=O) groups excluding carboxylic acids is 1. The second kappa shape index (κ2) is 6.33. The summed E-state index contributed by atoms with van der Waals surface area (Å²) in [5.74, 6) is -0.137. The highest BCUT2D eigenvalue weighted by molar-refractivity contribution is 9.10. The number of amides is 1. The van der Waals surface area contributed by atoms with Crippen LogP contribution in [0.5, 0.6) is 0 Å². The maximum absolute atomic E-state index is 11.6. The maximum Gasteiger partial charge on any atom is 0.244 e. The average molecular weight is 320 g/mol. The standard InChI is InChI=1S/C14H14BrN3O/c1-10-2-3-11(13(15)6-10)4-5-14(19)17-8-12-7-16-9-18-12/h2-7,9H,8H2,1H3,(H,16,18)(H,17,19). The van der Waals surface area contributed by atoms with Crippen LogP contribution in [-0.2, 0) is 11.3 Å². The number of nitrogens with zero attached hydrogens (tertiary/aromatic N) is 1. The topological polar surface area (TPSA) is 57.8 Å². The number of aromatic nitrogens is 2. The Balaban J connectivity index is 1.92. The van der Waals surface area contributed by atoms with Crippen LogP contribution in [0.3, 0.4) is 0 Å². The summed E-state index contributed by atoms with van der Waals surface area (Å²) in [4.78, 5) is 18.4. The maximum atomic E-state index is 11.6. The Kier molecular flexibility index (Phi) is 4.52. The van der Waals surface area contributed by atoms with E-state index in [-0.39, 0.29) is 5.91 Å². The van der Waals surface area contributed by atoms with Crippen LogP contribution in [0.15, 0.2) is 41.3 Å². The van der Waals surface area contributed by atoms with Gasteiger partial charge in [0.2, 0.25) is 5.91 Å². The van der Waals surface area contributed by atoms with Gasteiger partial charge in [-0.15, -0.1) is 0 Å². The van der Waals surface area contributed by atoms with Crippen LogP contribution < -0.4 is 5.32 Å². The van der Waals surface area contributed by atoms with E-state index in [1.165, 1.54) is 11.6 Å². The first-order chi connectivity index (χ1) is 9.15. The lowest BCUT2D eigenvalue weighted by molar-refractivity contribution is -0.116. The Morgan fingerprint density at radius 1 is 1.53 bits per heavy atom. The number of rotatable bonds is 4. The Morgan fingerprint density at radius 3 is 3.05 bits per heavy atom. The minimum atomic E-state index is -0.137. The van der Waals surface area contributed by atoms with Crippen molar-refractivity contribution < 1.29 is 4.79 Å². The van der Waals surface area contributed by atoms with E-state index in [2.05, 4.69) is 31.2 Å². The van der Waals surface area contributed by atoms with Crippen LogP contribution in [0.2, 0.25) is 0 Å². The van der Waals surface area contributed by atoms with Crippen molar-refractivity contribution in [2.24, 2.45) is 0 Å². The second-order valence-corrected chi connectivity index (χ2v) is 5.01. The lowest BCUT2D eigenvalue weighted by Gasteiger charge is -2.01. The summed E-state index contributed by atoms with van der Waals surface area (Å²) < 4.78 is 0.977. The molecule has 1 heterocycles. The third-order valence-corrected chi connectivity index (χ3v) is 3.26. The number of carbonyl (C=O) groups is 1. The Bertz CT molecular complexity index is 591. The summed E-state index contributed by atoms with van der Waals surface area (Å²) in [7, 11) is 0. The van der Waals surface area contributed by atoms with Gasteiger partial charge in [-0.05, 0) is 30.2 Å². The molecule has 1 aromatic carbocycles. The predicted molar refractivity (Wildman–Crippen MR) is 78.3 cm³/mol. The van der Waals surface area contributed by atoms with Crippen LogP contribution in [0.4, 0.5) is 0 Å². The first kappa shape index (κ1) is 13.5. The average Bonchev–Trinajstić information content (AvgIpc) is 2.88. The highest BCUT2D eigenvalue weighted by Gasteiger charge is 1.99. The second-order valence-electron chi connectivity index (χ2n) is 4.15. The summed E-state index contributed by atoms with van der Waals surface area (Å²) in [6, 6.07) is 5.99. The van der Waals surface area contributed by atoms with E-state index < -0.39 is 0 Å². The summed E-state index contributed by atoms with van der Waals surface area (Å²) >= 11 is 3.47. The van der Waals surface area contributed by atoms with Crippen LogP contribution in [0.1, 0.15) is 16.8 Å². The van der Waals surface area contributed by atoms with Crippen molar-refractivity contribution in [3.63, 3.8) is 0 Å². The molecule has 0 aliphatic carbocycles. The van der Waals surface area contributed by atoms with Gasteiger partial charge in [-0.2, -0.15) is 0 Å². The van der Waals surface area contributed by atoms with E-state index >= 15 is 0 Å². The van der Waals surface area contributed by atoms with Gasteiger partial charge in [0.25, 0.3) is 0 Å². The molecule has 0 aliphatic heterocycles. The van der Waals surface area contributed by atoms with Gasteiger partial charge in [0, 0.05) is 16.7 Å². The van der Waals surface area contributed by atoms with Gasteiger partial charge in [0.15, 0.2) is 0 Å². The third kappa shape index (κ3) is 4.06. The fourth-order valence-electron chi connectivity index (χ4n) is 1.56. The molecule has 5 heteroatoms. The molecule has 1 aromatic heterocycles. The molecule has 2 aromatic rings. The normalized spacial score (nSPS) is 10.8. The molecule has 98 valence electrons. The number of nitrogens with one attached hydrogen (secondary N) is 2. The first-order valence-electron chi connectivity index (χ1n) is 5.84. The number of benzene rings is 1. The first-order valence-corrected chi connectivity index (χ1v) is 6.64. The lowest BCUT2D eigenvalue weighted by atomic mass is 10.1. The highest BCUT2D eigenvalue weighted by Crippen LogP contribution is 2.19. The van der Waals surface area contributed by atoms with Crippen molar-refractivity contribution in [2.45, 2.75) is 13.5 Å². The van der Waals surface area contributed by atoms with E-state index in [9.17, 15) is 4.79 Å². The number of hydrogen-bond donors (Lipinski definition) is 2. The Morgan fingerprint density at radius 2 is 2.37 bits per heavy atom. The van der Waals surface area contributed by atoms with Crippen molar-refractivity contribution in [3.05, 3.63) is 58.1 Å². The van der Waals surface area contributed by atoms with Gasteiger partial charge >= 0.3 is 0 Å². The summed E-state index contributed by atoms with van der Waals surface area (Å²) in [6.45, 7) is 2.47. The van der Waals surface area contributed by atoms with Gasteiger partial charge in [0.05, 0.1) is 18.6 Å². The number of hydrogen-bond acceptors (Lipinski definition) is 2. The van der Waals surface area contributed by atoms with E-state index in [0.29, 0.717) is 6.54 Å². The summed E-state index contributed by atoms with van der Waals surface area (Å²) in [6.07, 6.45) is 6.57. The molecule has 19 heavy (non-hydrogen) atoms. The zero-order valence-electron chi connectivity index (χ0n) is 10.5. The molecule has 0 saturated carbocycles. The smallest absolute Gasteiger partial charge is 0.244 e. The largest absolute Gasteiger partial charge is 0.347 e. The Hall–Kier alpha value is -1.88. The SMILES string of the molecule is Cc1ccc(C=CC(=O)NCc2cnc[nH]2)c(Br)c1. The van der Waals surface area contributed by atoms with E-state index in [1.807, 2.05) is 25.1 Å². The molecule has 4 nitrogen and oxygen atoms in total. The zero-order valence-corrected chi connectivity index (χ0v) is 12.1. The van der Waals surface area contributed by atoms with Crippen LogP contribution >= 0.6 is 15.9 Å². The zero-order chi connectivity index (χ0) is 13.7. The molecule has 0 unspecified atom stereocenters. The molecule has 2 rings (SSSR count). The van der Waals surface area contributed by atoms with Gasteiger partial charge in [0.1, 0.15) is 0 Å². The van der Waals surface area contributed by atoms with Crippen molar-refractivity contribution in [3.8, 4) is 0 Å². The predicted octanol–water partition coefficient (Wildman–Crippen LogP) is 2.81. The highest BCUT2D eigenvalue weighted by atomic mass is 79.9. The molecule has 0 saturated heterocycles. The van der Waals surface area contributed by atoms with Crippen molar-refractivity contribution in [1.29, 1.82) is 0 Å². The van der Waals surface area contributed by atoms with Crippen molar-refractivity contribution >= 4 is 27.9 Å². The molecule has 1 amide bonds. The van der Waals surface area contributed by atoms with E-state index in [0.717, 1.165) is 15.7 Å². The van der Waals surface area contributed by atoms with Crippen LogP contribution in [-0.4, -0.2) is 15.9 Å². The van der Waals surface area contributed by atoms with E-state index in [1.54, 1.807) is 18.6 Å². The number of H-pyrrole nitrogens is 1. The van der Waals surface area contributed by atoms with Crippen molar-refractivity contribution in [2.75, 3.05) is 0 Å². The number of aromatic amines is 1. The molecule has 2 N–H and O–H groups in total. The summed E-state index contributed by atoms with van der Waals surface area (Å²) in [5, 5.41) is 2.77. The molecule has 0 spiro atoms. The molecule has 0 atom stereocenters. The number of halogens is 1. The molecule has 0 aliphatic rings. The molecular weight excluding hydrogens is 306 g/mol. The molecule has 0 fully saturated rings. The van der Waals surface area contributed by atoms with Crippen LogP contribution in [0.25, 0.3) is 6.08 Å². The minimum Gasteiger partial charge on any atom is -0.347 e. The van der Waals surface area contributed by atoms with Gasteiger partial charge in [-0.3, -0.25) is 4.79 Å². The third-order valence-electron chi connectivity index (χ3n) is 2.58. The van der Waals surface area contributed by atoms with E-state index in [4.69, 9.17) is 0 Å². The quantitative estimate of drug-likeness (QED) is 0.851. The minimum absolute atomic E-state index is 0.137. The molecule has 0 bridgehead atoms.